The molecule has 0 spiro atoms. The van der Waals surface area contributed by atoms with E-state index in [4.69, 9.17) is 4.74 Å². The molecule has 1 aromatic heterocycles. The lowest BCUT2D eigenvalue weighted by Gasteiger charge is -2.45. The molecule has 0 aliphatic carbocycles. The summed E-state index contributed by atoms with van der Waals surface area (Å²) in [6.45, 7) is 9.04. The maximum absolute atomic E-state index is 13.1. The van der Waals surface area contributed by atoms with Crippen molar-refractivity contribution in [1.82, 2.24) is 14.8 Å². The number of piperazine rings is 1. The summed E-state index contributed by atoms with van der Waals surface area (Å²) >= 11 is 0. The first kappa shape index (κ1) is 18.8. The first-order chi connectivity index (χ1) is 14.6. The third-order valence-corrected chi connectivity index (χ3v) is 6.19. The monoisotopic (exact) mass is 401 g/mol. The quantitative estimate of drug-likeness (QED) is 0.696. The number of aromatic amines is 1. The number of carbonyl (C=O) groups is 1. The number of carbonyl (C=O) groups excluding carboxylic acids is 1. The number of hydrogen-bond acceptors (Lipinski definition) is 3. The van der Waals surface area contributed by atoms with E-state index in [1.165, 1.54) is 11.3 Å². The Bertz CT molecular complexity index is 1100. The van der Waals surface area contributed by atoms with Crippen LogP contribution in [0, 0.1) is 0 Å². The Morgan fingerprint density at radius 3 is 2.80 bits per heavy atom. The number of ether oxygens (including phenoxy) is 1. The molecule has 5 rings (SSSR count). The second-order valence-corrected chi connectivity index (χ2v) is 8.24. The van der Waals surface area contributed by atoms with Crippen molar-refractivity contribution < 1.29 is 9.53 Å². The van der Waals surface area contributed by atoms with Crippen LogP contribution in [0.5, 0.6) is 5.75 Å². The second kappa shape index (κ2) is 7.56. The zero-order valence-corrected chi connectivity index (χ0v) is 17.4. The highest BCUT2D eigenvalue weighted by Crippen LogP contribution is 2.36. The van der Waals surface area contributed by atoms with Gasteiger partial charge in [-0.15, -0.1) is 0 Å². The maximum atomic E-state index is 13.1. The molecule has 2 aliphatic heterocycles. The molecule has 0 saturated carbocycles. The Morgan fingerprint density at radius 1 is 1.17 bits per heavy atom. The maximum Gasteiger partial charge on any atom is 0.245 e. The van der Waals surface area contributed by atoms with Gasteiger partial charge >= 0.3 is 0 Å². The molecule has 3 heterocycles. The first-order valence-electron chi connectivity index (χ1n) is 10.7. The van der Waals surface area contributed by atoms with E-state index in [0.717, 1.165) is 40.9 Å². The summed E-state index contributed by atoms with van der Waals surface area (Å²) in [6, 6.07) is 16.2. The van der Waals surface area contributed by atoms with Gasteiger partial charge in [0, 0.05) is 35.3 Å². The zero-order chi connectivity index (χ0) is 20.7. The third-order valence-electron chi connectivity index (χ3n) is 6.19. The molecule has 1 amide bonds. The molecule has 1 saturated heterocycles. The van der Waals surface area contributed by atoms with Gasteiger partial charge in [0.2, 0.25) is 5.91 Å². The lowest BCUT2D eigenvalue weighted by atomic mass is 9.93. The summed E-state index contributed by atoms with van der Waals surface area (Å²) in [6.07, 6.45) is 1.67. The summed E-state index contributed by atoms with van der Waals surface area (Å²) in [4.78, 5) is 20.8. The van der Waals surface area contributed by atoms with Crippen molar-refractivity contribution in [1.29, 1.82) is 0 Å². The van der Waals surface area contributed by atoms with Gasteiger partial charge in [-0.05, 0) is 35.7 Å². The Balaban J connectivity index is 1.43. The van der Waals surface area contributed by atoms with E-state index in [-0.39, 0.29) is 11.9 Å². The van der Waals surface area contributed by atoms with E-state index in [2.05, 4.69) is 47.7 Å². The standard InChI is InChI=1S/C25H27N3O2/c1-3-11-27-14-17(2)28-15-23-21(13-24(28)25(27)29)20-12-19(9-10-22(20)26-23)30-16-18-7-5-4-6-8-18/h4-10,12,24,26H,2-3,11,13-16H2,1H3. The number of nitrogens with zero attached hydrogens (tertiary/aromatic N) is 2. The number of fused-ring (bicyclic) bond motifs is 4. The van der Waals surface area contributed by atoms with E-state index < -0.39 is 0 Å². The normalized spacial score (nSPS) is 18.5. The minimum absolute atomic E-state index is 0.154. The van der Waals surface area contributed by atoms with E-state index >= 15 is 0 Å². The van der Waals surface area contributed by atoms with Crippen LogP contribution < -0.4 is 4.74 Å². The zero-order valence-electron chi connectivity index (χ0n) is 17.4. The van der Waals surface area contributed by atoms with Gasteiger partial charge in [-0.1, -0.05) is 43.8 Å². The molecular weight excluding hydrogens is 374 g/mol. The van der Waals surface area contributed by atoms with Crippen molar-refractivity contribution in [3.05, 3.63) is 77.6 Å². The molecule has 1 fully saturated rings. The van der Waals surface area contributed by atoms with Gasteiger partial charge in [-0.25, -0.2) is 0 Å². The molecule has 0 bridgehead atoms. The van der Waals surface area contributed by atoms with Gasteiger partial charge in [0.25, 0.3) is 0 Å². The lowest BCUT2D eigenvalue weighted by Crippen LogP contribution is -2.57. The Hall–Kier alpha value is -3.21. The predicted octanol–water partition coefficient (Wildman–Crippen LogP) is 4.24. The SMILES string of the molecule is C=C1CN(CCC)C(=O)C2Cc3c([nH]c4ccc(OCc5ccccc5)cc34)CN12. The highest BCUT2D eigenvalue weighted by Gasteiger charge is 2.40. The Morgan fingerprint density at radius 2 is 2.00 bits per heavy atom. The number of H-pyrrole nitrogens is 1. The highest BCUT2D eigenvalue weighted by atomic mass is 16.5. The van der Waals surface area contributed by atoms with Gasteiger partial charge in [0.15, 0.2) is 0 Å². The van der Waals surface area contributed by atoms with Crippen molar-refractivity contribution in [2.45, 2.75) is 39.0 Å². The van der Waals surface area contributed by atoms with Crippen molar-refractivity contribution in [2.24, 2.45) is 0 Å². The fourth-order valence-electron chi connectivity index (χ4n) is 4.68. The Kier molecular flexibility index (Phi) is 4.74. The van der Waals surface area contributed by atoms with E-state index in [1.54, 1.807) is 0 Å². The van der Waals surface area contributed by atoms with Crippen molar-refractivity contribution in [3.63, 3.8) is 0 Å². The number of amides is 1. The van der Waals surface area contributed by atoms with Gasteiger partial charge in [-0.2, -0.15) is 0 Å². The summed E-state index contributed by atoms with van der Waals surface area (Å²) in [7, 11) is 0. The number of nitrogens with one attached hydrogen (secondary N) is 1. The molecule has 5 nitrogen and oxygen atoms in total. The predicted molar refractivity (Wildman–Crippen MR) is 118 cm³/mol. The van der Waals surface area contributed by atoms with Gasteiger partial charge < -0.3 is 19.5 Å². The molecular formula is C25H27N3O2. The van der Waals surface area contributed by atoms with E-state index in [0.29, 0.717) is 26.1 Å². The van der Waals surface area contributed by atoms with Crippen LogP contribution in [0.1, 0.15) is 30.2 Å². The highest BCUT2D eigenvalue weighted by molar-refractivity contribution is 5.89. The molecule has 0 radical (unpaired) electrons. The van der Waals surface area contributed by atoms with Crippen LogP contribution in [-0.4, -0.2) is 39.8 Å². The molecule has 1 atom stereocenters. The average Bonchev–Trinajstić information content (AvgIpc) is 3.13. The largest absolute Gasteiger partial charge is 0.489 e. The lowest BCUT2D eigenvalue weighted by molar-refractivity contribution is -0.140. The van der Waals surface area contributed by atoms with Crippen molar-refractivity contribution in [3.8, 4) is 5.75 Å². The first-order valence-corrected chi connectivity index (χ1v) is 10.7. The van der Waals surface area contributed by atoms with E-state index in [9.17, 15) is 4.79 Å². The molecule has 5 heteroatoms. The average molecular weight is 402 g/mol. The van der Waals surface area contributed by atoms with Crippen LogP contribution in [0.15, 0.2) is 60.8 Å². The van der Waals surface area contributed by atoms with Gasteiger partial charge in [0.1, 0.15) is 18.4 Å². The molecule has 30 heavy (non-hydrogen) atoms. The van der Waals surface area contributed by atoms with Gasteiger partial charge in [-0.3, -0.25) is 4.79 Å². The van der Waals surface area contributed by atoms with Crippen molar-refractivity contribution in [2.75, 3.05) is 13.1 Å². The molecule has 3 aromatic rings. The van der Waals surface area contributed by atoms with E-state index in [1.807, 2.05) is 29.2 Å². The van der Waals surface area contributed by atoms with Crippen LogP contribution in [0.3, 0.4) is 0 Å². The summed E-state index contributed by atoms with van der Waals surface area (Å²) in [5.74, 6) is 1.07. The van der Waals surface area contributed by atoms with Crippen LogP contribution in [0.4, 0.5) is 0 Å². The molecule has 1 unspecified atom stereocenters. The smallest absolute Gasteiger partial charge is 0.245 e. The van der Waals surface area contributed by atoms with Crippen LogP contribution >= 0.6 is 0 Å². The minimum Gasteiger partial charge on any atom is -0.489 e. The fraction of sp³-hybridized carbons (Fsp3) is 0.320. The number of benzene rings is 2. The third kappa shape index (κ3) is 3.24. The van der Waals surface area contributed by atoms with Crippen LogP contribution in [0.2, 0.25) is 0 Å². The van der Waals surface area contributed by atoms with Gasteiger partial charge in [0.05, 0.1) is 13.1 Å². The Labute approximate surface area is 176 Å². The molecule has 2 aromatic carbocycles. The summed E-state index contributed by atoms with van der Waals surface area (Å²) in [5.41, 5.74) is 5.68. The summed E-state index contributed by atoms with van der Waals surface area (Å²) in [5, 5.41) is 1.15. The van der Waals surface area contributed by atoms with Crippen LogP contribution in [0.25, 0.3) is 10.9 Å². The number of hydrogen-bond donors (Lipinski definition) is 1. The molecule has 154 valence electrons. The number of aromatic nitrogens is 1. The fourth-order valence-corrected chi connectivity index (χ4v) is 4.68. The summed E-state index contributed by atoms with van der Waals surface area (Å²) < 4.78 is 6.04. The molecule has 2 aliphatic rings. The number of rotatable bonds is 5. The minimum atomic E-state index is -0.154. The second-order valence-electron chi connectivity index (χ2n) is 8.24. The topological polar surface area (TPSA) is 48.6 Å². The van der Waals surface area contributed by atoms with Crippen molar-refractivity contribution >= 4 is 16.8 Å². The van der Waals surface area contributed by atoms with Crippen LogP contribution in [-0.2, 0) is 24.4 Å². The molecule has 1 N–H and O–H groups in total.